The average Bonchev–Trinajstić information content (AvgIpc) is 3.07. The number of rotatable bonds is 9. The van der Waals surface area contributed by atoms with Crippen molar-refractivity contribution < 1.29 is 33.4 Å². The van der Waals surface area contributed by atoms with Gasteiger partial charge >= 0.3 is 5.97 Å². The molecular formula is C24H23BrN2O7S. The number of carbonyl (C=O) groups excluding carboxylic acids is 4. The van der Waals surface area contributed by atoms with E-state index in [4.69, 9.17) is 9.47 Å². The van der Waals surface area contributed by atoms with Crippen LogP contribution >= 0.6 is 27.7 Å². The summed E-state index contributed by atoms with van der Waals surface area (Å²) in [6.07, 6.45) is 1.53. The highest BCUT2D eigenvalue weighted by molar-refractivity contribution is 9.10. The van der Waals surface area contributed by atoms with Gasteiger partial charge in [0.05, 0.1) is 23.1 Å². The first kappa shape index (κ1) is 26.3. The van der Waals surface area contributed by atoms with E-state index in [1.54, 1.807) is 31.2 Å². The highest BCUT2D eigenvalue weighted by atomic mass is 79.9. The van der Waals surface area contributed by atoms with E-state index in [2.05, 4.69) is 26.0 Å². The van der Waals surface area contributed by atoms with Gasteiger partial charge in [0.2, 0.25) is 5.91 Å². The van der Waals surface area contributed by atoms with Crippen LogP contribution in [0.3, 0.4) is 0 Å². The first-order valence-electron chi connectivity index (χ1n) is 10.5. The summed E-state index contributed by atoms with van der Waals surface area (Å²) in [6.45, 7) is 3.26. The molecule has 3 rings (SSSR count). The Morgan fingerprint density at radius 2 is 1.91 bits per heavy atom. The smallest absolute Gasteiger partial charge is 0.343 e. The van der Waals surface area contributed by atoms with Crippen LogP contribution in [0.25, 0.3) is 6.08 Å². The number of amides is 3. The van der Waals surface area contributed by atoms with Crippen LogP contribution in [-0.4, -0.2) is 54.8 Å². The van der Waals surface area contributed by atoms with E-state index in [1.165, 1.54) is 13.2 Å². The number of halogens is 1. The normalized spacial score (nSPS) is 14.3. The second-order valence-corrected chi connectivity index (χ2v) is 9.11. The molecule has 1 N–H and O–H groups in total. The molecule has 0 unspecified atom stereocenters. The van der Waals surface area contributed by atoms with Gasteiger partial charge in [-0.25, -0.2) is 4.79 Å². The zero-order valence-corrected chi connectivity index (χ0v) is 21.7. The van der Waals surface area contributed by atoms with Crippen molar-refractivity contribution in [1.29, 1.82) is 0 Å². The van der Waals surface area contributed by atoms with Gasteiger partial charge < -0.3 is 19.5 Å². The third kappa shape index (κ3) is 6.64. The van der Waals surface area contributed by atoms with Crippen LogP contribution in [0, 0.1) is 6.92 Å². The largest absolute Gasteiger partial charge is 0.490 e. The molecule has 1 saturated heterocycles. The van der Waals surface area contributed by atoms with Crippen molar-refractivity contribution in [2.24, 2.45) is 0 Å². The number of benzene rings is 2. The Kier molecular flexibility index (Phi) is 8.94. The molecule has 0 aromatic heterocycles. The number of nitrogens with one attached hydrogen (secondary N) is 1. The number of hydrogen-bond donors (Lipinski definition) is 1. The Morgan fingerprint density at radius 1 is 1.17 bits per heavy atom. The monoisotopic (exact) mass is 562 g/mol. The molecule has 11 heteroatoms. The number of ether oxygens (including phenoxy) is 3. The third-order valence-corrected chi connectivity index (χ3v) is 6.28. The predicted molar refractivity (Wildman–Crippen MR) is 135 cm³/mol. The molecule has 35 heavy (non-hydrogen) atoms. The molecule has 1 aliphatic heterocycles. The summed E-state index contributed by atoms with van der Waals surface area (Å²) < 4.78 is 16.2. The number of imide groups is 1. The fraction of sp³-hybridized carbons (Fsp3) is 0.250. The van der Waals surface area contributed by atoms with Gasteiger partial charge in [-0.05, 0) is 76.9 Å². The number of methoxy groups -OCH3 is 1. The van der Waals surface area contributed by atoms with Gasteiger partial charge in [-0.2, -0.15) is 0 Å². The summed E-state index contributed by atoms with van der Waals surface area (Å²) in [7, 11) is 1.26. The van der Waals surface area contributed by atoms with Crippen molar-refractivity contribution in [1.82, 2.24) is 4.90 Å². The Hall–Kier alpha value is -3.31. The quantitative estimate of drug-likeness (QED) is 0.354. The van der Waals surface area contributed by atoms with Crippen molar-refractivity contribution in [2.75, 3.05) is 32.2 Å². The van der Waals surface area contributed by atoms with E-state index in [0.29, 0.717) is 33.8 Å². The molecule has 184 valence electrons. The summed E-state index contributed by atoms with van der Waals surface area (Å²) in [5, 5.41) is 2.18. The van der Waals surface area contributed by atoms with E-state index < -0.39 is 29.6 Å². The second kappa shape index (κ2) is 11.9. The van der Waals surface area contributed by atoms with Crippen molar-refractivity contribution >= 4 is 62.5 Å². The molecule has 0 bridgehead atoms. The number of aryl methyl sites for hydroxylation is 1. The lowest BCUT2D eigenvalue weighted by Crippen LogP contribution is -2.36. The van der Waals surface area contributed by atoms with E-state index in [1.807, 2.05) is 19.1 Å². The van der Waals surface area contributed by atoms with Gasteiger partial charge in [-0.3, -0.25) is 19.3 Å². The van der Waals surface area contributed by atoms with E-state index in [-0.39, 0.29) is 11.5 Å². The number of thioether (sulfide) groups is 1. The van der Waals surface area contributed by atoms with Crippen molar-refractivity contribution in [3.05, 3.63) is 56.9 Å². The number of para-hydroxylation sites is 1. The number of carbonyl (C=O) groups is 4. The fourth-order valence-electron chi connectivity index (χ4n) is 3.10. The SMILES string of the molecule is CCOc1cc(/C=C2\SC(=O)N(CC(=O)Nc3ccccc3C)C2=O)cc(Br)c1OCC(=O)OC. The standard InChI is InChI=1S/C24H23BrN2O7S/c1-4-33-18-10-15(9-16(25)22(18)34-13-21(29)32-3)11-19-23(30)27(24(31)35-19)12-20(28)26-17-8-6-5-7-14(17)2/h5-11H,4,12-13H2,1-3H3,(H,26,28)/b19-11-. The zero-order valence-electron chi connectivity index (χ0n) is 19.3. The molecule has 0 spiro atoms. The highest BCUT2D eigenvalue weighted by Crippen LogP contribution is 2.39. The molecule has 0 saturated carbocycles. The Labute approximate surface area is 214 Å². The zero-order chi connectivity index (χ0) is 25.5. The van der Waals surface area contributed by atoms with Crippen LogP contribution in [0.5, 0.6) is 11.5 Å². The van der Waals surface area contributed by atoms with Gasteiger partial charge in [0.15, 0.2) is 18.1 Å². The Bertz CT molecular complexity index is 1200. The minimum Gasteiger partial charge on any atom is -0.490 e. The Morgan fingerprint density at radius 3 is 2.60 bits per heavy atom. The predicted octanol–water partition coefficient (Wildman–Crippen LogP) is 4.38. The minimum atomic E-state index is -0.569. The molecule has 0 radical (unpaired) electrons. The van der Waals surface area contributed by atoms with E-state index in [0.717, 1.165) is 22.2 Å². The van der Waals surface area contributed by atoms with Gasteiger partial charge in [0, 0.05) is 5.69 Å². The summed E-state index contributed by atoms with van der Waals surface area (Å²) in [5.74, 6) is -0.954. The van der Waals surface area contributed by atoms with Gasteiger partial charge in [-0.1, -0.05) is 18.2 Å². The van der Waals surface area contributed by atoms with Crippen molar-refractivity contribution in [3.63, 3.8) is 0 Å². The summed E-state index contributed by atoms with van der Waals surface area (Å²) in [5.41, 5.74) is 2.04. The van der Waals surface area contributed by atoms with Crippen LogP contribution < -0.4 is 14.8 Å². The maximum absolute atomic E-state index is 12.9. The Balaban J connectivity index is 1.77. The van der Waals surface area contributed by atoms with Gasteiger partial charge in [-0.15, -0.1) is 0 Å². The van der Waals surface area contributed by atoms with Gasteiger partial charge in [0.1, 0.15) is 6.54 Å². The summed E-state index contributed by atoms with van der Waals surface area (Å²) in [4.78, 5) is 50.3. The average molecular weight is 563 g/mol. The number of hydrogen-bond acceptors (Lipinski definition) is 8. The maximum Gasteiger partial charge on any atom is 0.343 e. The highest BCUT2D eigenvalue weighted by Gasteiger charge is 2.36. The van der Waals surface area contributed by atoms with Crippen LogP contribution in [0.4, 0.5) is 10.5 Å². The minimum absolute atomic E-state index is 0.163. The second-order valence-electron chi connectivity index (χ2n) is 7.26. The summed E-state index contributed by atoms with van der Waals surface area (Å²) >= 11 is 4.13. The first-order chi connectivity index (χ1) is 16.7. The summed E-state index contributed by atoms with van der Waals surface area (Å²) in [6, 6.07) is 10.5. The van der Waals surface area contributed by atoms with Gasteiger partial charge in [0.25, 0.3) is 11.1 Å². The van der Waals surface area contributed by atoms with E-state index in [9.17, 15) is 19.2 Å². The molecular weight excluding hydrogens is 540 g/mol. The molecule has 2 aromatic carbocycles. The van der Waals surface area contributed by atoms with Crippen LogP contribution in [0.1, 0.15) is 18.1 Å². The number of anilines is 1. The van der Waals surface area contributed by atoms with Crippen LogP contribution in [0.15, 0.2) is 45.8 Å². The molecule has 1 heterocycles. The molecule has 2 aromatic rings. The molecule has 9 nitrogen and oxygen atoms in total. The van der Waals surface area contributed by atoms with Crippen LogP contribution in [-0.2, 0) is 19.1 Å². The molecule has 1 fully saturated rings. The number of nitrogens with zero attached hydrogens (tertiary/aromatic N) is 1. The third-order valence-electron chi connectivity index (χ3n) is 4.79. The molecule has 0 aliphatic carbocycles. The van der Waals surface area contributed by atoms with Crippen LogP contribution in [0.2, 0.25) is 0 Å². The lowest BCUT2D eigenvalue weighted by molar-refractivity contribution is -0.143. The maximum atomic E-state index is 12.9. The van der Waals surface area contributed by atoms with Crippen molar-refractivity contribution in [2.45, 2.75) is 13.8 Å². The number of esters is 1. The topological polar surface area (TPSA) is 111 Å². The fourth-order valence-corrected chi connectivity index (χ4v) is 4.51. The first-order valence-corrected chi connectivity index (χ1v) is 12.1. The lowest BCUT2D eigenvalue weighted by atomic mass is 10.1. The molecule has 3 amide bonds. The molecule has 1 aliphatic rings. The van der Waals surface area contributed by atoms with Crippen molar-refractivity contribution in [3.8, 4) is 11.5 Å². The lowest BCUT2D eigenvalue weighted by Gasteiger charge is -2.14. The van der Waals surface area contributed by atoms with E-state index >= 15 is 0 Å². The molecule has 0 atom stereocenters.